The van der Waals surface area contributed by atoms with Gasteiger partial charge < -0.3 is 15.5 Å². The molecule has 18 heavy (non-hydrogen) atoms. The maximum Gasteiger partial charge on any atom is 0.247 e. The first-order chi connectivity index (χ1) is 8.47. The van der Waals surface area contributed by atoms with Crippen LogP contribution in [0.1, 0.15) is 20.3 Å². The number of hydrogen-bond donors (Lipinski definition) is 1. The Morgan fingerprint density at radius 2 is 1.89 bits per heavy atom. The van der Waals surface area contributed by atoms with Gasteiger partial charge in [0.15, 0.2) is 0 Å². The lowest BCUT2D eigenvalue weighted by Gasteiger charge is -2.44. The van der Waals surface area contributed by atoms with Crippen LogP contribution in [0.15, 0.2) is 24.3 Å². The number of rotatable bonds is 3. The van der Waals surface area contributed by atoms with Crippen LogP contribution >= 0.6 is 0 Å². The third-order valence-electron chi connectivity index (χ3n) is 3.52. The Morgan fingerprint density at radius 1 is 1.28 bits per heavy atom. The fraction of sp³-hybridized carbons (Fsp3) is 0.500. The Bertz CT molecular complexity index is 456. The number of nitrogens with zero attached hydrogens (tertiary/aromatic N) is 2. The van der Waals surface area contributed by atoms with Gasteiger partial charge in [0.25, 0.3) is 0 Å². The van der Waals surface area contributed by atoms with E-state index in [4.69, 9.17) is 5.73 Å². The van der Waals surface area contributed by atoms with Crippen LogP contribution in [0.4, 0.5) is 11.4 Å². The van der Waals surface area contributed by atoms with Gasteiger partial charge in [-0.2, -0.15) is 0 Å². The van der Waals surface area contributed by atoms with Crippen molar-refractivity contribution in [3.8, 4) is 0 Å². The monoisotopic (exact) mass is 247 g/mol. The molecule has 1 aromatic carbocycles. The van der Waals surface area contributed by atoms with Gasteiger partial charge in [-0.25, -0.2) is 0 Å². The van der Waals surface area contributed by atoms with Gasteiger partial charge in [-0.1, -0.05) is 12.1 Å². The lowest BCUT2D eigenvalue weighted by Crippen LogP contribution is -2.55. The SMILES string of the molecule is CN1CC(=O)N(C(C)(C)CCN)c2ccccc21. The summed E-state index contributed by atoms with van der Waals surface area (Å²) in [5.41, 5.74) is 7.50. The third-order valence-corrected chi connectivity index (χ3v) is 3.52. The first-order valence-electron chi connectivity index (χ1n) is 6.30. The summed E-state index contributed by atoms with van der Waals surface area (Å²) in [5, 5.41) is 0. The highest BCUT2D eigenvalue weighted by molar-refractivity contribution is 6.04. The standard InChI is InChI=1S/C14H21N3O/c1-14(2,8-9-15)17-12-7-5-4-6-11(12)16(3)10-13(17)18/h4-7H,8-10,15H2,1-3H3. The molecule has 0 bridgehead atoms. The Balaban J connectivity index is 2.48. The van der Waals surface area contributed by atoms with Crippen molar-refractivity contribution in [1.82, 2.24) is 0 Å². The predicted octanol–water partition coefficient (Wildman–Crippen LogP) is 1.60. The second-order valence-electron chi connectivity index (χ2n) is 5.43. The molecule has 0 saturated carbocycles. The summed E-state index contributed by atoms with van der Waals surface area (Å²) in [6.45, 7) is 5.14. The van der Waals surface area contributed by atoms with Crippen molar-refractivity contribution in [1.29, 1.82) is 0 Å². The molecular weight excluding hydrogens is 226 g/mol. The van der Waals surface area contributed by atoms with Gasteiger partial charge in [-0.05, 0) is 38.9 Å². The first-order valence-corrected chi connectivity index (χ1v) is 6.30. The van der Waals surface area contributed by atoms with Crippen molar-refractivity contribution in [3.63, 3.8) is 0 Å². The van der Waals surface area contributed by atoms with E-state index in [-0.39, 0.29) is 11.4 Å². The van der Waals surface area contributed by atoms with E-state index in [2.05, 4.69) is 13.8 Å². The molecule has 0 saturated heterocycles. The summed E-state index contributed by atoms with van der Waals surface area (Å²) in [7, 11) is 1.95. The van der Waals surface area contributed by atoms with Crippen LogP contribution in [0, 0.1) is 0 Å². The number of amides is 1. The average molecular weight is 247 g/mol. The van der Waals surface area contributed by atoms with Crippen molar-refractivity contribution in [2.45, 2.75) is 25.8 Å². The highest BCUT2D eigenvalue weighted by atomic mass is 16.2. The van der Waals surface area contributed by atoms with E-state index in [0.717, 1.165) is 17.8 Å². The zero-order valence-electron chi connectivity index (χ0n) is 11.3. The Morgan fingerprint density at radius 3 is 2.50 bits per heavy atom. The molecular formula is C14H21N3O. The summed E-state index contributed by atoms with van der Waals surface area (Å²) in [5.74, 6) is 0.134. The Labute approximate surface area is 108 Å². The number of benzene rings is 1. The van der Waals surface area contributed by atoms with Crippen LogP contribution in [-0.2, 0) is 4.79 Å². The lowest BCUT2D eigenvalue weighted by molar-refractivity contribution is -0.118. The van der Waals surface area contributed by atoms with Crippen LogP contribution < -0.4 is 15.5 Å². The molecule has 0 unspecified atom stereocenters. The Kier molecular flexibility index (Phi) is 3.30. The van der Waals surface area contributed by atoms with Gasteiger partial charge in [0, 0.05) is 12.6 Å². The number of fused-ring (bicyclic) bond motifs is 1. The van der Waals surface area contributed by atoms with Crippen molar-refractivity contribution in [2.24, 2.45) is 5.73 Å². The van der Waals surface area contributed by atoms with Crippen LogP contribution in [0.5, 0.6) is 0 Å². The molecule has 2 N–H and O–H groups in total. The van der Waals surface area contributed by atoms with Gasteiger partial charge in [-0.3, -0.25) is 4.79 Å². The molecule has 1 aliphatic rings. The summed E-state index contributed by atoms with van der Waals surface area (Å²) in [4.78, 5) is 16.2. The van der Waals surface area contributed by atoms with Crippen LogP contribution in [0.3, 0.4) is 0 Å². The molecule has 1 aromatic rings. The largest absolute Gasteiger partial charge is 0.364 e. The number of anilines is 2. The number of carbonyl (C=O) groups excluding carboxylic acids is 1. The van der Waals surface area contributed by atoms with Crippen molar-refractivity contribution < 1.29 is 4.79 Å². The van der Waals surface area contributed by atoms with E-state index in [0.29, 0.717) is 13.1 Å². The van der Waals surface area contributed by atoms with Gasteiger partial charge in [0.05, 0.1) is 17.9 Å². The minimum absolute atomic E-state index is 0.134. The lowest BCUT2D eigenvalue weighted by atomic mass is 9.95. The maximum atomic E-state index is 12.3. The zero-order valence-corrected chi connectivity index (χ0v) is 11.3. The van der Waals surface area contributed by atoms with E-state index in [1.54, 1.807) is 0 Å². The minimum atomic E-state index is -0.247. The summed E-state index contributed by atoms with van der Waals surface area (Å²) < 4.78 is 0. The summed E-state index contributed by atoms with van der Waals surface area (Å²) >= 11 is 0. The molecule has 2 rings (SSSR count). The van der Waals surface area contributed by atoms with E-state index in [1.165, 1.54) is 0 Å². The molecule has 0 radical (unpaired) electrons. The van der Waals surface area contributed by atoms with Crippen LogP contribution in [0.2, 0.25) is 0 Å². The van der Waals surface area contributed by atoms with E-state index < -0.39 is 0 Å². The maximum absolute atomic E-state index is 12.3. The number of nitrogens with two attached hydrogens (primary N) is 1. The number of hydrogen-bond acceptors (Lipinski definition) is 3. The molecule has 1 aliphatic heterocycles. The molecule has 98 valence electrons. The molecule has 1 amide bonds. The second-order valence-corrected chi connectivity index (χ2v) is 5.43. The molecule has 0 aromatic heterocycles. The molecule has 4 heteroatoms. The topological polar surface area (TPSA) is 49.6 Å². The van der Waals surface area contributed by atoms with Gasteiger partial charge in [-0.15, -0.1) is 0 Å². The summed E-state index contributed by atoms with van der Waals surface area (Å²) in [6, 6.07) is 8.02. The van der Waals surface area contributed by atoms with Crippen molar-refractivity contribution in [3.05, 3.63) is 24.3 Å². The average Bonchev–Trinajstić information content (AvgIpc) is 2.28. The fourth-order valence-electron chi connectivity index (χ4n) is 2.60. The highest BCUT2D eigenvalue weighted by Crippen LogP contribution is 2.37. The minimum Gasteiger partial charge on any atom is -0.364 e. The Hall–Kier alpha value is -1.55. The molecule has 0 spiro atoms. The number of carbonyl (C=O) groups is 1. The molecule has 0 aliphatic carbocycles. The quantitative estimate of drug-likeness (QED) is 0.882. The highest BCUT2D eigenvalue weighted by Gasteiger charge is 2.36. The first kappa shape index (κ1) is 12.9. The van der Waals surface area contributed by atoms with Crippen molar-refractivity contribution in [2.75, 3.05) is 29.9 Å². The predicted molar refractivity (Wildman–Crippen MR) is 74.9 cm³/mol. The normalized spacial score (nSPS) is 15.9. The molecule has 1 heterocycles. The van der Waals surface area contributed by atoms with Crippen molar-refractivity contribution >= 4 is 17.3 Å². The van der Waals surface area contributed by atoms with E-state index >= 15 is 0 Å². The second kappa shape index (κ2) is 4.61. The fourth-order valence-corrected chi connectivity index (χ4v) is 2.60. The smallest absolute Gasteiger partial charge is 0.247 e. The van der Waals surface area contributed by atoms with E-state index in [9.17, 15) is 4.79 Å². The summed E-state index contributed by atoms with van der Waals surface area (Å²) in [6.07, 6.45) is 0.788. The molecule has 0 atom stereocenters. The number of para-hydroxylation sites is 2. The molecule has 0 fully saturated rings. The zero-order chi connectivity index (χ0) is 13.3. The van der Waals surface area contributed by atoms with Crippen LogP contribution in [0.25, 0.3) is 0 Å². The van der Waals surface area contributed by atoms with Gasteiger partial charge >= 0.3 is 0 Å². The number of likely N-dealkylation sites (N-methyl/N-ethyl adjacent to an activating group) is 1. The van der Waals surface area contributed by atoms with Gasteiger partial charge in [0.1, 0.15) is 0 Å². The van der Waals surface area contributed by atoms with Gasteiger partial charge in [0.2, 0.25) is 5.91 Å². The third kappa shape index (κ3) is 2.08. The van der Waals surface area contributed by atoms with Crippen LogP contribution in [-0.4, -0.2) is 31.6 Å². The molecule has 4 nitrogen and oxygen atoms in total. The van der Waals surface area contributed by atoms with E-state index in [1.807, 2.05) is 41.1 Å².